The molecule has 1 N–H and O–H groups in total. The summed E-state index contributed by atoms with van der Waals surface area (Å²) in [7, 11) is -3.57. The normalized spacial score (nSPS) is 20.1. The van der Waals surface area contributed by atoms with Crippen molar-refractivity contribution in [3.8, 4) is 0 Å². The number of benzene rings is 1. The molecular weight excluding hydrogens is 380 g/mol. The van der Waals surface area contributed by atoms with Crippen molar-refractivity contribution in [2.24, 2.45) is 5.92 Å². The van der Waals surface area contributed by atoms with Crippen LogP contribution < -0.4 is 5.32 Å². The first-order valence-corrected chi connectivity index (χ1v) is 11.1. The molecule has 0 radical (unpaired) electrons. The van der Waals surface area contributed by atoms with Gasteiger partial charge in [0.25, 0.3) is 5.91 Å². The number of amides is 1. The maximum absolute atomic E-state index is 12.7. The fourth-order valence-corrected chi connectivity index (χ4v) is 5.03. The molecule has 0 unspecified atom stereocenters. The Morgan fingerprint density at radius 2 is 1.96 bits per heavy atom. The molecule has 0 bridgehead atoms. The van der Waals surface area contributed by atoms with E-state index in [0.717, 1.165) is 32.1 Å². The summed E-state index contributed by atoms with van der Waals surface area (Å²) in [6.45, 7) is 0.647. The molecule has 7 nitrogen and oxygen atoms in total. The Labute approximate surface area is 165 Å². The van der Waals surface area contributed by atoms with E-state index in [-0.39, 0.29) is 17.2 Å². The third-order valence-corrected chi connectivity index (χ3v) is 6.87. The van der Waals surface area contributed by atoms with Gasteiger partial charge < -0.3 is 10.1 Å². The molecule has 0 spiro atoms. The van der Waals surface area contributed by atoms with Gasteiger partial charge in [0.2, 0.25) is 10.0 Å². The minimum atomic E-state index is -3.57. The van der Waals surface area contributed by atoms with Gasteiger partial charge in [-0.1, -0.05) is 24.6 Å². The smallest absolute Gasteiger partial charge is 0.306 e. The van der Waals surface area contributed by atoms with Gasteiger partial charge in [-0.25, -0.2) is 8.42 Å². The van der Waals surface area contributed by atoms with Gasteiger partial charge in [-0.15, -0.1) is 0 Å². The Morgan fingerprint density at radius 3 is 2.68 bits per heavy atom. The largest absolute Gasteiger partial charge is 0.456 e. The lowest BCUT2D eigenvalue weighted by Crippen LogP contribution is -2.35. The van der Waals surface area contributed by atoms with Crippen LogP contribution in [0.1, 0.15) is 38.5 Å². The Balaban J connectivity index is 1.54. The fourth-order valence-electron chi connectivity index (χ4n) is 3.47. The summed E-state index contributed by atoms with van der Waals surface area (Å²) in [4.78, 5) is 24.0. The van der Waals surface area contributed by atoms with Crippen LogP contribution in [0.15, 0.2) is 41.3 Å². The van der Waals surface area contributed by atoms with Gasteiger partial charge in [0.15, 0.2) is 6.61 Å². The van der Waals surface area contributed by atoms with Gasteiger partial charge in [0, 0.05) is 18.8 Å². The highest BCUT2D eigenvalue weighted by Gasteiger charge is 2.26. The number of carbonyl (C=O) groups is 2. The Kier molecular flexibility index (Phi) is 6.85. The van der Waals surface area contributed by atoms with Crippen LogP contribution in [0, 0.1) is 5.92 Å². The van der Waals surface area contributed by atoms with Crippen molar-refractivity contribution in [2.75, 3.05) is 25.0 Å². The lowest BCUT2D eigenvalue weighted by molar-refractivity contribution is -0.147. The van der Waals surface area contributed by atoms with Crippen molar-refractivity contribution in [2.45, 2.75) is 43.4 Å². The topological polar surface area (TPSA) is 92.8 Å². The summed E-state index contributed by atoms with van der Waals surface area (Å²) in [5.41, 5.74) is 0.359. The van der Waals surface area contributed by atoms with Crippen molar-refractivity contribution in [3.05, 3.63) is 36.4 Å². The number of hydrogen-bond donors (Lipinski definition) is 1. The van der Waals surface area contributed by atoms with Gasteiger partial charge in [-0.3, -0.25) is 9.59 Å². The highest BCUT2D eigenvalue weighted by molar-refractivity contribution is 7.89. The molecule has 1 aliphatic carbocycles. The van der Waals surface area contributed by atoms with Crippen molar-refractivity contribution in [1.29, 1.82) is 0 Å². The Morgan fingerprint density at radius 1 is 1.18 bits per heavy atom. The number of anilines is 1. The average molecular weight is 407 g/mol. The molecular formula is C20H26N2O5S. The summed E-state index contributed by atoms with van der Waals surface area (Å²) >= 11 is 0. The summed E-state index contributed by atoms with van der Waals surface area (Å²) in [6, 6.07) is 6.16. The predicted octanol–water partition coefficient (Wildman–Crippen LogP) is 2.70. The molecule has 1 atom stereocenters. The number of ether oxygens (including phenoxy) is 1. The van der Waals surface area contributed by atoms with Gasteiger partial charge in [0.1, 0.15) is 0 Å². The second-order valence-electron chi connectivity index (χ2n) is 7.17. The molecule has 1 aromatic carbocycles. The van der Waals surface area contributed by atoms with Gasteiger partial charge in [-0.05, 0) is 49.8 Å². The molecule has 8 heteroatoms. The molecule has 0 saturated carbocycles. The fraction of sp³-hybridized carbons (Fsp3) is 0.500. The van der Waals surface area contributed by atoms with Crippen molar-refractivity contribution in [1.82, 2.24) is 4.31 Å². The minimum absolute atomic E-state index is 0.150. The van der Waals surface area contributed by atoms with Gasteiger partial charge >= 0.3 is 5.97 Å². The summed E-state index contributed by atoms with van der Waals surface area (Å²) < 4.78 is 32.0. The highest BCUT2D eigenvalue weighted by Crippen LogP contribution is 2.23. The zero-order valence-corrected chi connectivity index (χ0v) is 16.6. The van der Waals surface area contributed by atoms with E-state index in [1.165, 1.54) is 16.4 Å². The summed E-state index contributed by atoms with van der Waals surface area (Å²) in [5, 5.41) is 2.59. The molecule has 1 aliphatic heterocycles. The van der Waals surface area contributed by atoms with Crippen LogP contribution in [0.4, 0.5) is 5.69 Å². The van der Waals surface area contributed by atoms with E-state index >= 15 is 0 Å². The molecule has 28 heavy (non-hydrogen) atoms. The van der Waals surface area contributed by atoms with Crippen molar-refractivity contribution < 1.29 is 22.7 Å². The lowest BCUT2D eigenvalue weighted by Gasteiger charge is -2.26. The zero-order chi connectivity index (χ0) is 20.0. The van der Waals surface area contributed by atoms with Crippen LogP contribution in [0.5, 0.6) is 0 Å². The quantitative estimate of drug-likeness (QED) is 0.555. The number of allylic oxidation sites excluding steroid dienone is 2. The van der Waals surface area contributed by atoms with Crippen LogP contribution in [0.2, 0.25) is 0 Å². The molecule has 0 aromatic heterocycles. The van der Waals surface area contributed by atoms with E-state index in [9.17, 15) is 18.0 Å². The molecule has 1 saturated heterocycles. The molecule has 1 fully saturated rings. The molecule has 2 aliphatic rings. The highest BCUT2D eigenvalue weighted by atomic mass is 32.2. The predicted molar refractivity (Wildman–Crippen MR) is 105 cm³/mol. The van der Waals surface area contributed by atoms with Crippen LogP contribution in [0.25, 0.3) is 0 Å². The third kappa shape index (κ3) is 5.42. The first-order valence-electron chi connectivity index (χ1n) is 9.67. The third-order valence-electron chi connectivity index (χ3n) is 4.98. The number of nitrogens with zero attached hydrogens (tertiary/aromatic N) is 1. The van der Waals surface area contributed by atoms with E-state index < -0.39 is 28.5 Å². The van der Waals surface area contributed by atoms with E-state index in [1.807, 2.05) is 12.2 Å². The standard InChI is InChI=1S/C20H26N2O5S/c23-19(15-27-20(24)13-16-7-2-3-8-16)21-17-9-6-10-18(14-17)28(25,26)22-11-4-1-5-12-22/h2,6-7,9-10,14,16H,1,3-5,8,11-13,15H2,(H,21,23)/t16-/m1/s1. The zero-order valence-electron chi connectivity index (χ0n) is 15.8. The Hall–Kier alpha value is -2.19. The van der Waals surface area contributed by atoms with Crippen LogP contribution in [-0.4, -0.2) is 44.3 Å². The van der Waals surface area contributed by atoms with Crippen molar-refractivity contribution >= 4 is 27.6 Å². The number of esters is 1. The molecule has 1 aromatic rings. The summed E-state index contributed by atoms with van der Waals surface area (Å²) in [5.74, 6) is -0.719. The average Bonchev–Trinajstić information content (AvgIpc) is 3.20. The Bertz CT molecular complexity index is 844. The number of sulfonamides is 1. The maximum atomic E-state index is 12.7. The van der Waals surface area contributed by atoms with E-state index in [0.29, 0.717) is 18.8 Å². The number of nitrogens with one attached hydrogen (secondary N) is 1. The number of hydrogen-bond acceptors (Lipinski definition) is 5. The SMILES string of the molecule is O=C(COC(=O)C[C@@H]1C=CCC1)Nc1cccc(S(=O)(=O)N2CCCCC2)c1. The second-order valence-corrected chi connectivity index (χ2v) is 9.11. The molecule has 1 heterocycles. The number of rotatable bonds is 7. The van der Waals surface area contributed by atoms with Crippen LogP contribution in [-0.2, 0) is 24.3 Å². The van der Waals surface area contributed by atoms with Crippen LogP contribution in [0.3, 0.4) is 0 Å². The van der Waals surface area contributed by atoms with Crippen LogP contribution >= 0.6 is 0 Å². The van der Waals surface area contributed by atoms with E-state index in [4.69, 9.17) is 4.74 Å². The number of piperidine rings is 1. The van der Waals surface area contributed by atoms with Crippen molar-refractivity contribution in [3.63, 3.8) is 0 Å². The second kappa shape index (κ2) is 9.34. The lowest BCUT2D eigenvalue weighted by atomic mass is 10.1. The first-order chi connectivity index (χ1) is 13.4. The maximum Gasteiger partial charge on any atom is 0.306 e. The monoisotopic (exact) mass is 406 g/mol. The van der Waals surface area contributed by atoms with E-state index in [1.54, 1.807) is 12.1 Å². The first kappa shape index (κ1) is 20.5. The number of carbonyl (C=O) groups excluding carboxylic acids is 2. The molecule has 1 amide bonds. The van der Waals surface area contributed by atoms with E-state index in [2.05, 4.69) is 5.32 Å². The summed E-state index contributed by atoms with van der Waals surface area (Å²) in [6.07, 6.45) is 8.96. The minimum Gasteiger partial charge on any atom is -0.456 e. The molecule has 3 rings (SSSR count). The van der Waals surface area contributed by atoms with Gasteiger partial charge in [0.05, 0.1) is 11.3 Å². The van der Waals surface area contributed by atoms with Gasteiger partial charge in [-0.2, -0.15) is 4.31 Å². The molecule has 152 valence electrons.